The van der Waals surface area contributed by atoms with Crippen LogP contribution in [0.25, 0.3) is 0 Å². The van der Waals surface area contributed by atoms with Crippen LogP contribution in [-0.2, 0) is 0 Å². The Morgan fingerprint density at radius 1 is 1.21 bits per heavy atom. The Balaban J connectivity index is 0.00000133. The van der Waals surface area contributed by atoms with E-state index >= 15 is 0 Å². The average Bonchev–Trinajstić information content (AvgIpc) is 2.69. The van der Waals surface area contributed by atoms with Gasteiger partial charge in [-0.2, -0.15) is 0 Å². The molecule has 4 heteroatoms. The second-order valence-corrected chi connectivity index (χ2v) is 6.47. The molecule has 3 rings (SSSR count). The highest BCUT2D eigenvalue weighted by molar-refractivity contribution is 9.10. The summed E-state index contributed by atoms with van der Waals surface area (Å²) < 4.78 is 1.24. The summed E-state index contributed by atoms with van der Waals surface area (Å²) in [6.45, 7) is 4.74. The fourth-order valence-electron chi connectivity index (χ4n) is 3.33. The number of halogens is 2. The Hall–Kier alpha value is -0.0900. The van der Waals surface area contributed by atoms with Gasteiger partial charge < -0.3 is 5.32 Å². The highest BCUT2D eigenvalue weighted by Gasteiger charge is 2.31. The normalized spacial score (nSPS) is 28.5. The van der Waals surface area contributed by atoms with Crippen molar-refractivity contribution in [3.05, 3.63) is 34.3 Å². The van der Waals surface area contributed by atoms with Crippen molar-refractivity contribution in [3.8, 4) is 0 Å². The highest BCUT2D eigenvalue weighted by Crippen LogP contribution is 2.30. The van der Waals surface area contributed by atoms with Crippen molar-refractivity contribution in [2.45, 2.75) is 44.3 Å². The fourth-order valence-corrected chi connectivity index (χ4v) is 3.95. The van der Waals surface area contributed by atoms with E-state index in [2.05, 4.69) is 57.3 Å². The summed E-state index contributed by atoms with van der Waals surface area (Å²) in [4.78, 5) is 2.64. The largest absolute Gasteiger partial charge is 0.310 e. The molecule has 1 aromatic carbocycles. The predicted molar refractivity (Wildman–Crippen MR) is 85.9 cm³/mol. The lowest BCUT2D eigenvalue weighted by molar-refractivity contribution is 0.199. The molecule has 2 aliphatic heterocycles. The molecule has 0 amide bonds. The van der Waals surface area contributed by atoms with Crippen LogP contribution in [0.15, 0.2) is 28.7 Å². The number of rotatable bonds is 2. The Bertz CT molecular complexity index is 426. The lowest BCUT2D eigenvalue weighted by atomic mass is 10.0. The molecule has 2 nitrogen and oxygen atoms in total. The first-order valence-electron chi connectivity index (χ1n) is 6.98. The van der Waals surface area contributed by atoms with Gasteiger partial charge >= 0.3 is 0 Å². The van der Waals surface area contributed by atoms with Crippen LogP contribution in [0.4, 0.5) is 0 Å². The standard InChI is InChI=1S/C15H21BrN2.ClH/c1-11(14-4-2-3-5-15(14)16)18-9-8-12-6-7-13(10-18)17-12;/h2-5,11-13,17H,6-10H2,1H3;1H. The molecule has 0 spiro atoms. The minimum absolute atomic E-state index is 0. The molecule has 2 fully saturated rings. The van der Waals surface area contributed by atoms with Crippen molar-refractivity contribution in [2.75, 3.05) is 13.1 Å². The molecule has 106 valence electrons. The highest BCUT2D eigenvalue weighted by atomic mass is 79.9. The molecule has 0 aliphatic carbocycles. The van der Waals surface area contributed by atoms with E-state index in [0.717, 1.165) is 6.04 Å². The van der Waals surface area contributed by atoms with Crippen LogP contribution in [0, 0.1) is 0 Å². The first-order chi connectivity index (χ1) is 8.74. The monoisotopic (exact) mass is 344 g/mol. The maximum atomic E-state index is 3.75. The van der Waals surface area contributed by atoms with E-state index in [1.54, 1.807) is 0 Å². The molecule has 2 heterocycles. The molecule has 3 atom stereocenters. The van der Waals surface area contributed by atoms with Crippen molar-refractivity contribution in [2.24, 2.45) is 0 Å². The molecule has 19 heavy (non-hydrogen) atoms. The van der Waals surface area contributed by atoms with Crippen LogP contribution < -0.4 is 5.32 Å². The van der Waals surface area contributed by atoms with Gasteiger partial charge in [0.1, 0.15) is 0 Å². The second kappa shape index (κ2) is 6.57. The number of likely N-dealkylation sites (tertiary alicyclic amines) is 1. The topological polar surface area (TPSA) is 15.3 Å². The van der Waals surface area contributed by atoms with E-state index in [9.17, 15) is 0 Å². The lowest BCUT2D eigenvalue weighted by Gasteiger charge is -2.31. The third-order valence-electron chi connectivity index (χ3n) is 4.46. The summed E-state index contributed by atoms with van der Waals surface area (Å²) in [6.07, 6.45) is 4.02. The summed E-state index contributed by atoms with van der Waals surface area (Å²) in [6, 6.07) is 10.6. The summed E-state index contributed by atoms with van der Waals surface area (Å²) >= 11 is 3.68. The van der Waals surface area contributed by atoms with Crippen molar-refractivity contribution in [1.29, 1.82) is 0 Å². The Morgan fingerprint density at radius 3 is 2.74 bits per heavy atom. The third-order valence-corrected chi connectivity index (χ3v) is 5.18. The molecule has 0 radical (unpaired) electrons. The number of nitrogens with zero attached hydrogens (tertiary/aromatic N) is 1. The molecule has 3 unspecified atom stereocenters. The van der Waals surface area contributed by atoms with Gasteiger partial charge in [0.25, 0.3) is 0 Å². The van der Waals surface area contributed by atoms with E-state index in [4.69, 9.17) is 0 Å². The first kappa shape index (κ1) is 15.3. The van der Waals surface area contributed by atoms with Crippen molar-refractivity contribution in [3.63, 3.8) is 0 Å². The van der Waals surface area contributed by atoms with Gasteiger partial charge in [-0.15, -0.1) is 12.4 Å². The summed E-state index contributed by atoms with van der Waals surface area (Å²) in [5, 5.41) is 3.75. The smallest absolute Gasteiger partial charge is 0.0331 e. The molecule has 2 saturated heterocycles. The van der Waals surface area contributed by atoms with Crippen molar-refractivity contribution >= 4 is 28.3 Å². The van der Waals surface area contributed by atoms with E-state index in [0.29, 0.717) is 12.1 Å². The van der Waals surface area contributed by atoms with Gasteiger partial charge in [0.15, 0.2) is 0 Å². The third kappa shape index (κ3) is 3.33. The summed E-state index contributed by atoms with van der Waals surface area (Å²) in [5.41, 5.74) is 1.41. The van der Waals surface area contributed by atoms with Crippen LogP contribution in [-0.4, -0.2) is 30.1 Å². The Morgan fingerprint density at radius 2 is 1.95 bits per heavy atom. The molecule has 1 N–H and O–H groups in total. The Labute approximate surface area is 130 Å². The van der Waals surface area contributed by atoms with Crippen LogP contribution in [0.2, 0.25) is 0 Å². The molecule has 0 aromatic heterocycles. The zero-order chi connectivity index (χ0) is 12.5. The second-order valence-electron chi connectivity index (χ2n) is 5.62. The van der Waals surface area contributed by atoms with E-state index in [1.165, 1.54) is 42.4 Å². The molecule has 0 saturated carbocycles. The maximum absolute atomic E-state index is 3.75. The van der Waals surface area contributed by atoms with Crippen LogP contribution in [0.3, 0.4) is 0 Å². The fraction of sp³-hybridized carbons (Fsp3) is 0.600. The number of hydrogen-bond acceptors (Lipinski definition) is 2. The van der Waals surface area contributed by atoms with E-state index in [-0.39, 0.29) is 12.4 Å². The van der Waals surface area contributed by atoms with Gasteiger partial charge in [-0.1, -0.05) is 34.1 Å². The SMILES string of the molecule is CC(c1ccccc1Br)N1CCC2CCC(C1)N2.Cl. The zero-order valence-electron chi connectivity index (χ0n) is 11.3. The van der Waals surface area contributed by atoms with E-state index < -0.39 is 0 Å². The van der Waals surface area contributed by atoms with Gasteiger partial charge in [0.05, 0.1) is 0 Å². The van der Waals surface area contributed by atoms with Gasteiger partial charge in [-0.3, -0.25) is 4.90 Å². The zero-order valence-corrected chi connectivity index (χ0v) is 13.7. The minimum atomic E-state index is 0. The number of benzene rings is 1. The van der Waals surface area contributed by atoms with Gasteiger partial charge in [0.2, 0.25) is 0 Å². The summed E-state index contributed by atoms with van der Waals surface area (Å²) in [7, 11) is 0. The Kier molecular flexibility index (Phi) is 5.29. The molecular weight excluding hydrogens is 324 g/mol. The molecular formula is C15H22BrClN2. The maximum Gasteiger partial charge on any atom is 0.0331 e. The molecule has 2 aliphatic rings. The number of nitrogens with one attached hydrogen (secondary N) is 1. The van der Waals surface area contributed by atoms with Crippen molar-refractivity contribution in [1.82, 2.24) is 10.2 Å². The summed E-state index contributed by atoms with van der Waals surface area (Å²) in [5.74, 6) is 0. The minimum Gasteiger partial charge on any atom is -0.310 e. The van der Waals surface area contributed by atoms with Crippen LogP contribution in [0.5, 0.6) is 0 Å². The van der Waals surface area contributed by atoms with Crippen LogP contribution >= 0.6 is 28.3 Å². The number of fused-ring (bicyclic) bond motifs is 2. The van der Waals surface area contributed by atoms with Gasteiger partial charge in [-0.05, 0) is 37.8 Å². The van der Waals surface area contributed by atoms with Gasteiger partial charge in [0, 0.05) is 35.7 Å². The molecule has 1 aromatic rings. The molecule has 2 bridgehead atoms. The predicted octanol–water partition coefficient (Wildman–Crippen LogP) is 3.76. The lowest BCUT2D eigenvalue weighted by Crippen LogP contribution is -2.36. The average molecular weight is 346 g/mol. The van der Waals surface area contributed by atoms with Crippen molar-refractivity contribution < 1.29 is 0 Å². The first-order valence-corrected chi connectivity index (χ1v) is 7.78. The quantitative estimate of drug-likeness (QED) is 0.878. The van der Waals surface area contributed by atoms with Crippen LogP contribution in [0.1, 0.15) is 37.8 Å². The van der Waals surface area contributed by atoms with E-state index in [1.807, 2.05) is 0 Å². The van der Waals surface area contributed by atoms with Gasteiger partial charge in [-0.25, -0.2) is 0 Å². The number of hydrogen-bond donors (Lipinski definition) is 1.